The molecule has 2 atom stereocenters. The molecule has 0 N–H and O–H groups in total. The largest absolute Gasteiger partial charge is 0.464 e. The third-order valence-electron chi connectivity index (χ3n) is 4.81. The summed E-state index contributed by atoms with van der Waals surface area (Å²) in [5.74, 6) is 2.68. The summed E-state index contributed by atoms with van der Waals surface area (Å²) in [4.78, 5) is 0. The van der Waals surface area contributed by atoms with Gasteiger partial charge in [0.15, 0.2) is 0 Å². The van der Waals surface area contributed by atoms with Crippen LogP contribution in [0.25, 0.3) is 0 Å². The third-order valence-corrected chi connectivity index (χ3v) is 4.81. The standard InChI is InChI=1S/C21H18N2O2/c1-14-11-12-20(24-14)17-13-18-16-9-5-6-10-19(16)25-21(23(18)22-17)15-7-3-2-4-8-15/h2-12,18,21H,13H2,1H3/t18-,21-/m1/s1. The number of benzene rings is 2. The van der Waals surface area contributed by atoms with E-state index in [-0.39, 0.29) is 12.3 Å². The number of para-hydroxylation sites is 1. The van der Waals surface area contributed by atoms with Gasteiger partial charge in [0.25, 0.3) is 0 Å². The third kappa shape index (κ3) is 2.33. The summed E-state index contributed by atoms with van der Waals surface area (Å²) in [7, 11) is 0. The second-order valence-corrected chi connectivity index (χ2v) is 6.48. The summed E-state index contributed by atoms with van der Waals surface area (Å²) in [5, 5.41) is 6.96. The Hall–Kier alpha value is -3.01. The molecule has 0 saturated heterocycles. The Morgan fingerprint density at radius 1 is 0.960 bits per heavy atom. The number of aryl methyl sites for hydroxylation is 1. The molecule has 4 heteroatoms. The van der Waals surface area contributed by atoms with Gasteiger partial charge in [0.2, 0.25) is 6.23 Å². The smallest absolute Gasteiger partial charge is 0.213 e. The number of fused-ring (bicyclic) bond motifs is 3. The zero-order valence-corrected chi connectivity index (χ0v) is 13.9. The Morgan fingerprint density at radius 3 is 2.56 bits per heavy atom. The topological polar surface area (TPSA) is 38.0 Å². The van der Waals surface area contributed by atoms with Crippen LogP contribution in [0.3, 0.4) is 0 Å². The van der Waals surface area contributed by atoms with Crippen molar-refractivity contribution in [2.45, 2.75) is 25.6 Å². The predicted molar refractivity (Wildman–Crippen MR) is 95.4 cm³/mol. The van der Waals surface area contributed by atoms with Crippen LogP contribution in [0.1, 0.15) is 41.3 Å². The van der Waals surface area contributed by atoms with Gasteiger partial charge in [-0.05, 0) is 25.1 Å². The fraction of sp³-hybridized carbons (Fsp3) is 0.190. The summed E-state index contributed by atoms with van der Waals surface area (Å²) in [5.41, 5.74) is 3.25. The molecular weight excluding hydrogens is 312 g/mol. The van der Waals surface area contributed by atoms with E-state index in [1.165, 1.54) is 5.56 Å². The summed E-state index contributed by atoms with van der Waals surface area (Å²) in [6.07, 6.45) is 0.589. The van der Waals surface area contributed by atoms with Gasteiger partial charge in [0, 0.05) is 17.5 Å². The molecule has 3 heterocycles. The zero-order chi connectivity index (χ0) is 16.8. The van der Waals surface area contributed by atoms with Crippen molar-refractivity contribution >= 4 is 5.71 Å². The van der Waals surface area contributed by atoms with Crippen molar-refractivity contribution in [3.63, 3.8) is 0 Å². The maximum Gasteiger partial charge on any atom is 0.213 e. The van der Waals surface area contributed by atoms with Crippen molar-refractivity contribution in [3.8, 4) is 5.75 Å². The van der Waals surface area contributed by atoms with Gasteiger partial charge in [0.1, 0.15) is 23.0 Å². The Labute approximate surface area is 146 Å². The Balaban J connectivity index is 1.60. The molecule has 2 aliphatic heterocycles. The number of furan rings is 1. The van der Waals surface area contributed by atoms with Gasteiger partial charge in [-0.1, -0.05) is 48.5 Å². The maximum absolute atomic E-state index is 6.31. The molecule has 0 spiro atoms. The van der Waals surface area contributed by atoms with E-state index in [9.17, 15) is 0 Å². The summed E-state index contributed by atoms with van der Waals surface area (Å²) < 4.78 is 12.1. The van der Waals surface area contributed by atoms with Gasteiger partial charge in [0.05, 0.1) is 6.04 Å². The van der Waals surface area contributed by atoms with Gasteiger partial charge in [-0.25, -0.2) is 5.01 Å². The van der Waals surface area contributed by atoms with Gasteiger partial charge in [-0.15, -0.1) is 0 Å². The van der Waals surface area contributed by atoms with Crippen molar-refractivity contribution in [3.05, 3.63) is 89.4 Å². The second-order valence-electron chi connectivity index (χ2n) is 6.48. The maximum atomic E-state index is 6.31. The SMILES string of the molecule is Cc1ccc(C2=NN3[C@H](C2)c2ccccc2O[C@@H]3c2ccccc2)o1. The van der Waals surface area contributed by atoms with Gasteiger partial charge >= 0.3 is 0 Å². The van der Waals surface area contributed by atoms with Gasteiger partial charge in [-0.2, -0.15) is 5.10 Å². The first-order valence-corrected chi connectivity index (χ1v) is 8.53. The van der Waals surface area contributed by atoms with Crippen molar-refractivity contribution in [1.82, 2.24) is 5.01 Å². The van der Waals surface area contributed by atoms with E-state index in [1.54, 1.807) is 0 Å². The average molecular weight is 330 g/mol. The van der Waals surface area contributed by atoms with Gasteiger partial charge < -0.3 is 9.15 Å². The van der Waals surface area contributed by atoms with Crippen LogP contribution in [0.15, 0.2) is 76.2 Å². The normalized spacial score (nSPS) is 21.3. The van der Waals surface area contributed by atoms with Crippen LogP contribution in [0, 0.1) is 6.92 Å². The molecule has 0 radical (unpaired) electrons. The van der Waals surface area contributed by atoms with Crippen molar-refractivity contribution in [1.29, 1.82) is 0 Å². The fourth-order valence-corrected chi connectivity index (χ4v) is 3.61. The lowest BCUT2D eigenvalue weighted by Crippen LogP contribution is -2.33. The molecule has 0 bridgehead atoms. The number of ether oxygens (including phenoxy) is 1. The first-order valence-electron chi connectivity index (χ1n) is 8.53. The van der Waals surface area contributed by atoms with Gasteiger partial charge in [-0.3, -0.25) is 0 Å². The molecule has 0 amide bonds. The molecule has 4 nitrogen and oxygen atoms in total. The average Bonchev–Trinajstić information content (AvgIpc) is 3.28. The highest BCUT2D eigenvalue weighted by Crippen LogP contribution is 2.47. The lowest BCUT2D eigenvalue weighted by molar-refractivity contribution is -0.0190. The number of hydrogen-bond donors (Lipinski definition) is 0. The minimum atomic E-state index is -0.227. The molecule has 0 saturated carbocycles. The molecule has 25 heavy (non-hydrogen) atoms. The van der Waals surface area contributed by atoms with E-state index in [4.69, 9.17) is 14.3 Å². The Morgan fingerprint density at radius 2 is 1.76 bits per heavy atom. The molecule has 0 aliphatic carbocycles. The molecule has 124 valence electrons. The number of rotatable bonds is 2. The molecular formula is C21H18N2O2. The van der Waals surface area contributed by atoms with E-state index in [0.717, 1.165) is 35.0 Å². The van der Waals surface area contributed by atoms with Crippen molar-refractivity contribution in [2.24, 2.45) is 5.10 Å². The molecule has 3 aromatic rings. The predicted octanol–water partition coefficient (Wildman–Crippen LogP) is 4.83. The monoisotopic (exact) mass is 330 g/mol. The van der Waals surface area contributed by atoms with E-state index in [1.807, 2.05) is 49.4 Å². The first-order chi connectivity index (χ1) is 12.3. The fourth-order valence-electron chi connectivity index (χ4n) is 3.61. The van der Waals surface area contributed by atoms with Crippen LogP contribution >= 0.6 is 0 Å². The minimum absolute atomic E-state index is 0.163. The van der Waals surface area contributed by atoms with E-state index < -0.39 is 0 Å². The lowest BCUT2D eigenvalue weighted by Gasteiger charge is -2.38. The van der Waals surface area contributed by atoms with Crippen LogP contribution < -0.4 is 4.74 Å². The molecule has 2 aromatic carbocycles. The lowest BCUT2D eigenvalue weighted by atomic mass is 9.97. The minimum Gasteiger partial charge on any atom is -0.464 e. The summed E-state index contributed by atoms with van der Waals surface area (Å²) in [6.45, 7) is 1.96. The van der Waals surface area contributed by atoms with Crippen LogP contribution in [0.4, 0.5) is 0 Å². The molecule has 0 fully saturated rings. The van der Waals surface area contributed by atoms with Crippen molar-refractivity contribution < 1.29 is 9.15 Å². The molecule has 5 rings (SSSR count). The van der Waals surface area contributed by atoms with E-state index in [0.29, 0.717) is 0 Å². The first kappa shape index (κ1) is 14.3. The number of nitrogens with zero attached hydrogens (tertiary/aromatic N) is 2. The highest BCUT2D eigenvalue weighted by Gasteiger charge is 2.41. The summed E-state index contributed by atoms with van der Waals surface area (Å²) >= 11 is 0. The molecule has 1 aromatic heterocycles. The van der Waals surface area contributed by atoms with E-state index in [2.05, 4.69) is 29.3 Å². The Bertz CT molecular complexity index is 945. The second kappa shape index (κ2) is 5.52. The van der Waals surface area contributed by atoms with Crippen LogP contribution in [0.5, 0.6) is 5.75 Å². The molecule has 0 unspecified atom stereocenters. The van der Waals surface area contributed by atoms with Crippen LogP contribution in [0.2, 0.25) is 0 Å². The van der Waals surface area contributed by atoms with Crippen LogP contribution in [-0.4, -0.2) is 10.7 Å². The number of hydrazone groups is 1. The number of hydrogen-bond acceptors (Lipinski definition) is 4. The highest BCUT2D eigenvalue weighted by molar-refractivity contribution is 5.99. The van der Waals surface area contributed by atoms with Crippen LogP contribution in [-0.2, 0) is 0 Å². The summed E-state index contributed by atoms with van der Waals surface area (Å²) in [6, 6.07) is 22.6. The van der Waals surface area contributed by atoms with Crippen molar-refractivity contribution in [2.75, 3.05) is 0 Å². The quantitative estimate of drug-likeness (QED) is 0.675. The Kier molecular flexibility index (Phi) is 3.17. The highest BCUT2D eigenvalue weighted by atomic mass is 16.5. The molecule has 2 aliphatic rings. The van der Waals surface area contributed by atoms with E-state index >= 15 is 0 Å². The zero-order valence-electron chi connectivity index (χ0n) is 13.9.